The molecule has 1 heterocycles. The first-order valence-corrected chi connectivity index (χ1v) is 4.73. The fourth-order valence-electron chi connectivity index (χ4n) is 1.46. The van der Waals surface area contributed by atoms with Crippen LogP contribution >= 0.6 is 0 Å². The lowest BCUT2D eigenvalue weighted by Gasteiger charge is -2.11. The monoisotopic (exact) mass is 233 g/mol. The van der Waals surface area contributed by atoms with Crippen molar-refractivity contribution in [1.29, 1.82) is 0 Å². The molecule has 88 valence electrons. The second-order valence-corrected chi connectivity index (χ2v) is 3.46. The maximum absolute atomic E-state index is 12.9. The number of rotatable bonds is 2. The third-order valence-electron chi connectivity index (χ3n) is 2.29. The first-order chi connectivity index (χ1) is 7.61. The van der Waals surface area contributed by atoms with Gasteiger partial charge in [-0.15, -0.1) is 0 Å². The van der Waals surface area contributed by atoms with Crippen molar-refractivity contribution in [2.75, 3.05) is 13.2 Å². The van der Waals surface area contributed by atoms with E-state index >= 15 is 0 Å². The molecule has 0 spiro atoms. The van der Waals surface area contributed by atoms with E-state index in [9.17, 15) is 13.2 Å². The molecule has 6 heteroatoms. The molecule has 3 nitrogen and oxygen atoms in total. The van der Waals surface area contributed by atoms with Crippen LogP contribution in [-0.4, -0.2) is 19.3 Å². The van der Waals surface area contributed by atoms with Crippen LogP contribution in [0.5, 0.6) is 0 Å². The molecule has 0 radical (unpaired) electrons. The summed E-state index contributed by atoms with van der Waals surface area (Å²) in [5.41, 5.74) is 5.45. The minimum Gasteiger partial charge on any atom is -0.346 e. The molecule has 2 N–H and O–H groups in total. The number of ether oxygens (including phenoxy) is 2. The Balaban J connectivity index is 2.22. The molecular weight excluding hydrogens is 223 g/mol. The van der Waals surface area contributed by atoms with Crippen LogP contribution in [0.1, 0.15) is 11.9 Å². The topological polar surface area (TPSA) is 44.5 Å². The van der Waals surface area contributed by atoms with Crippen LogP contribution in [0.2, 0.25) is 0 Å². The van der Waals surface area contributed by atoms with Crippen LogP contribution < -0.4 is 5.73 Å². The molecule has 16 heavy (non-hydrogen) atoms. The Bertz CT molecular complexity index is 377. The zero-order chi connectivity index (χ0) is 11.7. The summed E-state index contributed by atoms with van der Waals surface area (Å²) >= 11 is 0. The van der Waals surface area contributed by atoms with Crippen molar-refractivity contribution in [3.63, 3.8) is 0 Å². The molecule has 0 saturated carbocycles. The molecule has 1 aromatic rings. The van der Waals surface area contributed by atoms with E-state index in [4.69, 9.17) is 15.2 Å². The first-order valence-electron chi connectivity index (χ1n) is 4.73. The van der Waals surface area contributed by atoms with Gasteiger partial charge in [0.15, 0.2) is 23.7 Å². The van der Waals surface area contributed by atoms with E-state index in [0.717, 1.165) is 12.1 Å². The minimum absolute atomic E-state index is 0.104. The fraction of sp³-hybridized carbons (Fsp3) is 0.400. The number of halogens is 3. The highest BCUT2D eigenvalue weighted by atomic mass is 19.2. The normalized spacial score (nSPS) is 25.0. The van der Waals surface area contributed by atoms with Crippen LogP contribution in [-0.2, 0) is 9.47 Å². The Kier molecular flexibility index (Phi) is 3.13. The lowest BCUT2D eigenvalue weighted by Crippen LogP contribution is -2.21. The van der Waals surface area contributed by atoms with Gasteiger partial charge in [-0.1, -0.05) is 0 Å². The lowest BCUT2D eigenvalue weighted by molar-refractivity contribution is -0.0589. The zero-order valence-electron chi connectivity index (χ0n) is 8.25. The Morgan fingerprint density at radius 3 is 2.38 bits per heavy atom. The third kappa shape index (κ3) is 2.04. The van der Waals surface area contributed by atoms with Crippen LogP contribution in [0.4, 0.5) is 13.2 Å². The maximum Gasteiger partial charge on any atom is 0.194 e. The molecule has 2 unspecified atom stereocenters. The fourth-order valence-corrected chi connectivity index (χ4v) is 1.46. The summed E-state index contributed by atoms with van der Waals surface area (Å²) < 4.78 is 48.9. The van der Waals surface area contributed by atoms with E-state index < -0.39 is 23.7 Å². The molecule has 0 bridgehead atoms. The predicted molar refractivity (Wildman–Crippen MR) is 48.9 cm³/mol. The summed E-state index contributed by atoms with van der Waals surface area (Å²) in [5, 5.41) is 0. The second-order valence-electron chi connectivity index (χ2n) is 3.46. The third-order valence-corrected chi connectivity index (χ3v) is 2.29. The average Bonchev–Trinajstić information content (AvgIpc) is 2.73. The van der Waals surface area contributed by atoms with E-state index in [0.29, 0.717) is 0 Å². The zero-order valence-corrected chi connectivity index (χ0v) is 8.25. The Morgan fingerprint density at radius 1 is 1.25 bits per heavy atom. The second kappa shape index (κ2) is 4.40. The minimum atomic E-state index is -1.50. The SMILES string of the molecule is NCC1COC(c2cc(F)c(F)c(F)c2)O1. The van der Waals surface area contributed by atoms with E-state index in [1.165, 1.54) is 0 Å². The molecule has 0 amide bonds. The van der Waals surface area contributed by atoms with Crippen LogP contribution in [0.25, 0.3) is 0 Å². The lowest BCUT2D eigenvalue weighted by atomic mass is 10.2. The molecule has 1 aromatic carbocycles. The maximum atomic E-state index is 12.9. The number of hydrogen-bond acceptors (Lipinski definition) is 3. The van der Waals surface area contributed by atoms with Gasteiger partial charge >= 0.3 is 0 Å². The molecule has 0 aromatic heterocycles. The van der Waals surface area contributed by atoms with Gasteiger partial charge in [0.1, 0.15) is 0 Å². The predicted octanol–water partition coefficient (Wildman–Crippen LogP) is 1.48. The van der Waals surface area contributed by atoms with Gasteiger partial charge in [-0.05, 0) is 12.1 Å². The van der Waals surface area contributed by atoms with Crippen molar-refractivity contribution in [3.8, 4) is 0 Å². The quantitative estimate of drug-likeness (QED) is 0.787. The van der Waals surface area contributed by atoms with Crippen LogP contribution in [0, 0.1) is 17.5 Å². The Morgan fingerprint density at radius 2 is 1.88 bits per heavy atom. The highest BCUT2D eigenvalue weighted by Gasteiger charge is 2.27. The molecule has 1 aliphatic heterocycles. The van der Waals surface area contributed by atoms with Crippen molar-refractivity contribution < 1.29 is 22.6 Å². The molecule has 1 aliphatic rings. The standard InChI is InChI=1S/C10H10F3NO2/c11-7-1-5(2-8(12)9(7)13)10-15-4-6(3-14)16-10/h1-2,6,10H,3-4,14H2. The van der Waals surface area contributed by atoms with Gasteiger partial charge in [0, 0.05) is 12.1 Å². The van der Waals surface area contributed by atoms with E-state index in [1.54, 1.807) is 0 Å². The van der Waals surface area contributed by atoms with Crippen LogP contribution in [0.15, 0.2) is 12.1 Å². The number of hydrogen-bond donors (Lipinski definition) is 1. The molecule has 0 aliphatic carbocycles. The highest BCUT2D eigenvalue weighted by Crippen LogP contribution is 2.28. The summed E-state index contributed by atoms with van der Waals surface area (Å²) in [5.74, 6) is -4.03. The van der Waals surface area contributed by atoms with Gasteiger partial charge in [0.25, 0.3) is 0 Å². The van der Waals surface area contributed by atoms with Crippen molar-refractivity contribution in [2.24, 2.45) is 5.73 Å². The molecule has 2 atom stereocenters. The van der Waals surface area contributed by atoms with E-state index in [2.05, 4.69) is 0 Å². The first kappa shape index (κ1) is 11.4. The van der Waals surface area contributed by atoms with Gasteiger partial charge < -0.3 is 15.2 Å². The largest absolute Gasteiger partial charge is 0.346 e. The molecular formula is C10H10F3NO2. The summed E-state index contributed by atoms with van der Waals surface area (Å²) in [4.78, 5) is 0. The van der Waals surface area contributed by atoms with Gasteiger partial charge in [0.2, 0.25) is 0 Å². The summed E-state index contributed by atoms with van der Waals surface area (Å²) in [6, 6.07) is 1.70. The molecule has 2 rings (SSSR count). The summed E-state index contributed by atoms with van der Waals surface area (Å²) in [6.45, 7) is 0.504. The Hall–Kier alpha value is -1.11. The summed E-state index contributed by atoms with van der Waals surface area (Å²) in [7, 11) is 0. The van der Waals surface area contributed by atoms with Crippen molar-refractivity contribution in [2.45, 2.75) is 12.4 Å². The van der Waals surface area contributed by atoms with Crippen molar-refractivity contribution in [3.05, 3.63) is 35.1 Å². The smallest absolute Gasteiger partial charge is 0.194 e. The summed E-state index contributed by atoms with van der Waals surface area (Å²) in [6.07, 6.45) is -1.20. The van der Waals surface area contributed by atoms with Gasteiger partial charge in [-0.3, -0.25) is 0 Å². The van der Waals surface area contributed by atoms with E-state index in [1.807, 2.05) is 0 Å². The van der Waals surface area contributed by atoms with Gasteiger partial charge in [-0.25, -0.2) is 13.2 Å². The van der Waals surface area contributed by atoms with E-state index in [-0.39, 0.29) is 24.8 Å². The van der Waals surface area contributed by atoms with Gasteiger partial charge in [0.05, 0.1) is 12.7 Å². The molecule has 1 fully saturated rings. The van der Waals surface area contributed by atoms with Crippen LogP contribution in [0.3, 0.4) is 0 Å². The van der Waals surface area contributed by atoms with Crippen molar-refractivity contribution >= 4 is 0 Å². The average molecular weight is 233 g/mol. The van der Waals surface area contributed by atoms with Crippen molar-refractivity contribution in [1.82, 2.24) is 0 Å². The highest BCUT2D eigenvalue weighted by molar-refractivity contribution is 5.21. The van der Waals surface area contributed by atoms with Gasteiger partial charge in [-0.2, -0.15) is 0 Å². The Labute approximate surface area is 89.9 Å². The molecule has 1 saturated heterocycles. The number of nitrogens with two attached hydrogens (primary N) is 1. The number of benzene rings is 1.